The van der Waals surface area contributed by atoms with Crippen molar-refractivity contribution in [2.45, 2.75) is 63.1 Å². The number of nitro groups is 1. The Morgan fingerprint density at radius 2 is 1.68 bits per heavy atom. The maximum Gasteiger partial charge on any atom is 0.416 e. The molecule has 2 atom stereocenters. The molecule has 6 rings (SSSR count). The second-order valence-corrected chi connectivity index (χ2v) is 23.3. The van der Waals surface area contributed by atoms with E-state index in [0.717, 1.165) is 48.4 Å². The normalized spacial score (nSPS) is 13.1. The summed E-state index contributed by atoms with van der Waals surface area (Å²) in [5, 5.41) is 24.2. The molecule has 1 aliphatic carbocycles. The van der Waals surface area contributed by atoms with Crippen LogP contribution in [0.4, 0.5) is 30.2 Å². The molecule has 0 saturated heterocycles. The van der Waals surface area contributed by atoms with Gasteiger partial charge < -0.3 is 44.1 Å². The number of alkyl halides is 4. The minimum Gasteiger partial charge on any atom is -0.778 e. The standard InChI is InChI=1S/C15H22ClNO2.C15H12F3NO4S.C12H9ClN2O3.C3H8NO5P.C3H9S/c1-5-13-8-6-7-11(2)15(13)17(14(18)9-16)12(3)10-19-4;1-24(21,22)12-6-9(15(16,17)18)4-5-10(12)13(20)11-7-19-23-14(11)8-2-3-8;13-11-10(18-8-4-2-1-3-5-8)7-6-9(12(11)14)15(16)17;5-3(6)1-4-2-10(7,8)9;1-4(2)3/h6-8,12H,5,9-10H2,1-4H3;4-8H,2-3H2,1H3;1-7H,14H2;4H,1-2H2,(H,5,6)(H2,7,8,9);1-3H3/q;;;;+1/p-1. The molecule has 1 aromatic heterocycles. The highest BCUT2D eigenvalue weighted by atomic mass is 35.5. The number of carbonyl (C=O) groups excluding carboxylic acids is 2. The Bertz CT molecular complexity index is 2870. The van der Waals surface area contributed by atoms with Gasteiger partial charge in [-0.1, -0.05) is 60.1 Å². The Kier molecular flexibility index (Phi) is 26.4. The van der Waals surface area contributed by atoms with Gasteiger partial charge in [0, 0.05) is 30.9 Å². The number of amides is 1. The number of methoxy groups -OCH3 is 1. The maximum absolute atomic E-state index is 12.8. The van der Waals surface area contributed by atoms with Crippen LogP contribution in [0.3, 0.4) is 0 Å². The molecule has 4 aromatic carbocycles. The van der Waals surface area contributed by atoms with Crippen LogP contribution in [-0.2, 0) is 52.2 Å². The monoisotopic (exact) mass is 1150 g/mol. The number of nitrogen functional groups attached to an aromatic ring is 1. The molecule has 0 radical (unpaired) electrons. The number of nitrogens with zero attached hydrogens (tertiary/aromatic N) is 3. The van der Waals surface area contributed by atoms with Gasteiger partial charge in [-0.3, -0.25) is 29.8 Å². The molecular formula is C48H59Cl2F3N5O14PS2. The smallest absolute Gasteiger partial charge is 0.416 e. The number of carbonyl (C=O) groups is 3. The number of nitrogens with one attached hydrogen (secondary N) is 1. The van der Waals surface area contributed by atoms with Crippen LogP contribution in [0.1, 0.15) is 71.0 Å². The van der Waals surface area contributed by atoms with Crippen molar-refractivity contribution in [1.82, 2.24) is 10.5 Å². The quantitative estimate of drug-likeness (QED) is 0.0129. The summed E-state index contributed by atoms with van der Waals surface area (Å²) < 4.78 is 87.9. The van der Waals surface area contributed by atoms with Crippen molar-refractivity contribution in [2.24, 2.45) is 0 Å². The summed E-state index contributed by atoms with van der Waals surface area (Å²) in [6, 6.07) is 19.7. The molecule has 412 valence electrons. The van der Waals surface area contributed by atoms with Crippen LogP contribution in [0, 0.1) is 17.0 Å². The molecule has 75 heavy (non-hydrogen) atoms. The van der Waals surface area contributed by atoms with Crippen molar-refractivity contribution in [3.05, 3.63) is 134 Å². The van der Waals surface area contributed by atoms with E-state index >= 15 is 0 Å². The number of sulfone groups is 1. The number of aryl methyl sites for hydroxylation is 2. The molecule has 0 aliphatic heterocycles. The van der Waals surface area contributed by atoms with E-state index in [9.17, 15) is 55.5 Å². The lowest BCUT2D eigenvalue weighted by Crippen LogP contribution is -2.43. The molecule has 1 aliphatic rings. The molecule has 1 heterocycles. The predicted octanol–water partition coefficient (Wildman–Crippen LogP) is 8.65. The Morgan fingerprint density at radius 1 is 1.07 bits per heavy atom. The van der Waals surface area contributed by atoms with Gasteiger partial charge in [0.2, 0.25) is 5.91 Å². The third kappa shape index (κ3) is 21.9. The van der Waals surface area contributed by atoms with Gasteiger partial charge in [0.15, 0.2) is 21.4 Å². The van der Waals surface area contributed by atoms with Gasteiger partial charge in [-0.2, -0.15) is 13.2 Å². The largest absolute Gasteiger partial charge is 0.778 e. The van der Waals surface area contributed by atoms with Gasteiger partial charge in [-0.15, -0.1) is 11.6 Å². The number of hydrogen-bond donors (Lipinski definition) is 4. The van der Waals surface area contributed by atoms with Crippen LogP contribution < -0.4 is 25.6 Å². The van der Waals surface area contributed by atoms with Crippen molar-refractivity contribution < 1.29 is 74.4 Å². The molecule has 5 aromatic rings. The number of anilines is 2. The van der Waals surface area contributed by atoms with Crippen molar-refractivity contribution in [1.29, 1.82) is 0 Å². The van der Waals surface area contributed by atoms with Crippen LogP contribution in [0.5, 0.6) is 11.5 Å². The van der Waals surface area contributed by atoms with Crippen molar-refractivity contribution in [3.8, 4) is 11.5 Å². The first-order valence-corrected chi connectivity index (χ1v) is 29.2. The first kappa shape index (κ1) is 65.6. The molecule has 19 nitrogen and oxygen atoms in total. The number of para-hydroxylation sites is 2. The average molecular weight is 1150 g/mol. The Labute approximate surface area is 445 Å². The number of nitro benzene ring substituents is 1. The third-order valence-electron chi connectivity index (χ3n) is 9.80. The van der Waals surface area contributed by atoms with Crippen LogP contribution in [0.25, 0.3) is 0 Å². The number of nitrogens with two attached hydrogens (primary N) is 1. The van der Waals surface area contributed by atoms with E-state index < -0.39 is 63.6 Å². The van der Waals surface area contributed by atoms with E-state index in [1.165, 1.54) is 18.3 Å². The fraction of sp³-hybridized carbons (Fsp3) is 0.375. The first-order chi connectivity index (χ1) is 34.9. The van der Waals surface area contributed by atoms with Crippen LogP contribution in [-0.4, -0.2) is 110 Å². The molecule has 27 heteroatoms. The van der Waals surface area contributed by atoms with Crippen LogP contribution >= 0.6 is 30.8 Å². The van der Waals surface area contributed by atoms with Gasteiger partial charge in [-0.05, 0) is 91.5 Å². The molecule has 1 fully saturated rings. The second-order valence-electron chi connectivity index (χ2n) is 16.6. The number of benzene rings is 4. The summed E-state index contributed by atoms with van der Waals surface area (Å²) in [4.78, 5) is 63.8. The highest BCUT2D eigenvalue weighted by Gasteiger charge is 2.36. The summed E-state index contributed by atoms with van der Waals surface area (Å²) in [7, 11) is -6.11. The number of aliphatic carboxylic acids is 1. The third-order valence-corrected chi connectivity index (χ3v) is 12.2. The number of carboxylic acids is 1. The lowest BCUT2D eigenvalue weighted by Gasteiger charge is -2.31. The topological polar surface area (TPSA) is 295 Å². The summed E-state index contributed by atoms with van der Waals surface area (Å²) in [5.41, 5.74) is 7.09. The summed E-state index contributed by atoms with van der Waals surface area (Å²) >= 11 is 11.7. The first-order valence-electron chi connectivity index (χ1n) is 22.2. The fourth-order valence-electron chi connectivity index (χ4n) is 6.44. The van der Waals surface area contributed by atoms with E-state index in [1.807, 2.05) is 37.4 Å². The van der Waals surface area contributed by atoms with E-state index in [1.54, 1.807) is 36.3 Å². The SMILES string of the molecule is CCc1cccc(C)c1N(C(=O)CCl)C(C)COC.CS(=O)(=O)c1cc(C(F)(F)F)ccc1C(=O)c1cnoc1C1CC1.C[S+](C)C.Nc1c([N+](=O)[O-])ccc(Oc2ccccc2)c1Cl.O=C(O)CNCP(=O)([O-])O. The molecule has 0 spiro atoms. The van der Waals surface area contributed by atoms with Crippen molar-refractivity contribution in [3.63, 3.8) is 0 Å². The number of ketones is 1. The number of aromatic nitrogens is 1. The molecule has 1 amide bonds. The number of ether oxygens (including phenoxy) is 2. The van der Waals surface area contributed by atoms with Gasteiger partial charge >= 0.3 is 12.1 Å². The molecular weight excluding hydrogens is 1090 g/mol. The maximum atomic E-state index is 12.8. The van der Waals surface area contributed by atoms with Crippen LogP contribution in [0.15, 0.2) is 94.5 Å². The van der Waals surface area contributed by atoms with Crippen molar-refractivity contribution in [2.75, 3.05) is 68.1 Å². The minimum absolute atomic E-state index is 0.0223. The molecule has 0 bridgehead atoms. The Hall–Kier alpha value is -5.56. The number of rotatable bonds is 17. The average Bonchev–Trinajstić information content (AvgIpc) is 4.05. The Morgan fingerprint density at radius 3 is 2.17 bits per heavy atom. The highest BCUT2D eigenvalue weighted by Crippen LogP contribution is 2.43. The Balaban J connectivity index is 0.000000345. The van der Waals surface area contributed by atoms with Crippen LogP contribution in [0.2, 0.25) is 5.02 Å². The lowest BCUT2D eigenvalue weighted by atomic mass is 10.0. The predicted molar refractivity (Wildman–Crippen MR) is 281 cm³/mol. The van der Waals surface area contributed by atoms with Gasteiger partial charge in [0.25, 0.3) is 5.69 Å². The minimum atomic E-state index is -4.71. The highest BCUT2D eigenvalue weighted by molar-refractivity contribution is 7.94. The summed E-state index contributed by atoms with van der Waals surface area (Å²) in [6.07, 6.45) is 5.61. The summed E-state index contributed by atoms with van der Waals surface area (Å²) in [5.74, 6) is -0.748. The molecule has 1 saturated carbocycles. The summed E-state index contributed by atoms with van der Waals surface area (Å²) in [6.45, 7) is 6.08. The zero-order chi connectivity index (χ0) is 57.0. The van der Waals surface area contributed by atoms with E-state index in [4.69, 9.17) is 52.9 Å². The fourth-order valence-corrected chi connectivity index (χ4v) is 8.06. The number of carboxylic acid groups (broad SMARTS) is 1. The second kappa shape index (κ2) is 30.3. The van der Waals surface area contributed by atoms with Gasteiger partial charge in [0.05, 0.1) is 77.1 Å². The van der Waals surface area contributed by atoms with E-state index in [-0.39, 0.29) is 57.0 Å². The lowest BCUT2D eigenvalue weighted by molar-refractivity contribution is -0.383. The number of hydrogen-bond acceptors (Lipinski definition) is 15. The number of halogens is 5. The van der Waals surface area contributed by atoms with Gasteiger partial charge in [-0.25, -0.2) is 8.42 Å². The molecule has 5 N–H and O–H groups in total. The van der Waals surface area contributed by atoms with Crippen molar-refractivity contribution >= 4 is 86.3 Å². The van der Waals surface area contributed by atoms with E-state index in [0.29, 0.717) is 41.1 Å². The zero-order valence-corrected chi connectivity index (χ0v) is 46.1. The van der Waals surface area contributed by atoms with E-state index in [2.05, 4.69) is 36.9 Å². The zero-order valence-electron chi connectivity index (χ0n) is 42.1. The van der Waals surface area contributed by atoms with Gasteiger partial charge in [0.1, 0.15) is 35.7 Å². The molecule has 2 unspecified atom stereocenters.